The van der Waals surface area contributed by atoms with Crippen molar-refractivity contribution in [3.8, 4) is 11.5 Å². The van der Waals surface area contributed by atoms with Crippen molar-refractivity contribution >= 4 is 0 Å². The lowest BCUT2D eigenvalue weighted by atomic mass is 9.87. The van der Waals surface area contributed by atoms with Crippen LogP contribution in [0.2, 0.25) is 0 Å². The Hall–Kier alpha value is -1.26. The third kappa shape index (κ3) is 2.06. The molecule has 1 atom stereocenters. The molecule has 0 radical (unpaired) electrons. The van der Waals surface area contributed by atoms with Crippen molar-refractivity contribution in [2.75, 3.05) is 6.54 Å². The van der Waals surface area contributed by atoms with Gasteiger partial charge in [-0.3, -0.25) is 0 Å². The Morgan fingerprint density at radius 3 is 2.22 bits per heavy atom. The second-order valence-corrected chi connectivity index (χ2v) is 5.68. The molecule has 0 bridgehead atoms. The first kappa shape index (κ1) is 13.2. The maximum absolute atomic E-state index is 9.74. The van der Waals surface area contributed by atoms with E-state index in [4.69, 9.17) is 15.2 Å². The van der Waals surface area contributed by atoms with E-state index in [1.54, 1.807) is 6.07 Å². The van der Waals surface area contributed by atoms with Crippen molar-refractivity contribution in [1.82, 2.24) is 0 Å². The van der Waals surface area contributed by atoms with Gasteiger partial charge >= 0.3 is 0 Å². The lowest BCUT2D eigenvalue weighted by Gasteiger charge is -2.45. The summed E-state index contributed by atoms with van der Waals surface area (Å²) in [6.45, 7) is 8.16. The molecule has 0 aliphatic carbocycles. The Bertz CT molecular complexity index is 454. The zero-order valence-corrected chi connectivity index (χ0v) is 11.4. The van der Waals surface area contributed by atoms with Gasteiger partial charge in [0.2, 0.25) is 0 Å². The first-order valence-corrected chi connectivity index (χ1v) is 6.17. The zero-order chi connectivity index (χ0) is 13.6. The first-order chi connectivity index (χ1) is 8.27. The van der Waals surface area contributed by atoms with E-state index in [0.717, 1.165) is 5.56 Å². The summed E-state index contributed by atoms with van der Waals surface area (Å²) in [4.78, 5) is 0. The lowest BCUT2D eigenvalue weighted by molar-refractivity contribution is -0.0992. The molecule has 1 heterocycles. The Kier molecular flexibility index (Phi) is 3.03. The van der Waals surface area contributed by atoms with Crippen molar-refractivity contribution < 1.29 is 14.6 Å². The summed E-state index contributed by atoms with van der Waals surface area (Å²) in [6, 6.07) is 5.43. The van der Waals surface area contributed by atoms with Gasteiger partial charge in [0, 0.05) is 6.54 Å². The van der Waals surface area contributed by atoms with Gasteiger partial charge in [0.25, 0.3) is 0 Å². The number of aliphatic hydroxyl groups is 1. The van der Waals surface area contributed by atoms with E-state index in [-0.39, 0.29) is 6.54 Å². The predicted molar refractivity (Wildman–Crippen MR) is 69.9 cm³/mol. The molecule has 0 saturated heterocycles. The maximum atomic E-state index is 9.74. The number of hydrogen-bond donors (Lipinski definition) is 2. The van der Waals surface area contributed by atoms with Crippen LogP contribution in [0.15, 0.2) is 18.2 Å². The van der Waals surface area contributed by atoms with Crippen LogP contribution in [0.5, 0.6) is 11.5 Å². The molecule has 1 aromatic carbocycles. The van der Waals surface area contributed by atoms with Crippen LogP contribution in [0, 0.1) is 0 Å². The van der Waals surface area contributed by atoms with Crippen LogP contribution in [0.25, 0.3) is 0 Å². The number of rotatable bonds is 2. The van der Waals surface area contributed by atoms with E-state index >= 15 is 0 Å². The molecule has 2 rings (SSSR count). The van der Waals surface area contributed by atoms with E-state index in [0.29, 0.717) is 11.5 Å². The molecule has 1 aliphatic heterocycles. The molecule has 18 heavy (non-hydrogen) atoms. The van der Waals surface area contributed by atoms with Gasteiger partial charge in [-0.15, -0.1) is 0 Å². The van der Waals surface area contributed by atoms with Crippen LogP contribution >= 0.6 is 0 Å². The van der Waals surface area contributed by atoms with Crippen LogP contribution in [0.4, 0.5) is 0 Å². The fraction of sp³-hybridized carbons (Fsp3) is 0.571. The highest BCUT2D eigenvalue weighted by atomic mass is 16.6. The Morgan fingerprint density at radius 1 is 1.11 bits per heavy atom. The zero-order valence-electron chi connectivity index (χ0n) is 11.4. The number of hydrogen-bond acceptors (Lipinski definition) is 4. The second-order valence-electron chi connectivity index (χ2n) is 5.68. The highest BCUT2D eigenvalue weighted by Gasteiger charge is 2.45. The summed E-state index contributed by atoms with van der Waals surface area (Å²) in [5, 5.41) is 9.74. The molecule has 100 valence electrons. The predicted octanol–water partition coefficient (Wildman–Crippen LogP) is 2.01. The minimum absolute atomic E-state index is 0.189. The van der Waals surface area contributed by atoms with Crippen LogP contribution in [-0.4, -0.2) is 22.9 Å². The Balaban J connectivity index is 2.39. The number of nitrogens with two attached hydrogens (primary N) is 1. The molecule has 1 unspecified atom stereocenters. The fourth-order valence-corrected chi connectivity index (χ4v) is 1.83. The van der Waals surface area contributed by atoms with Gasteiger partial charge < -0.3 is 20.3 Å². The minimum atomic E-state index is -0.669. The van der Waals surface area contributed by atoms with E-state index < -0.39 is 17.3 Å². The van der Waals surface area contributed by atoms with Crippen LogP contribution < -0.4 is 15.2 Å². The average Bonchev–Trinajstić information content (AvgIpc) is 2.28. The molecule has 0 fully saturated rings. The quantitative estimate of drug-likeness (QED) is 0.844. The summed E-state index contributed by atoms with van der Waals surface area (Å²) >= 11 is 0. The van der Waals surface area contributed by atoms with Gasteiger partial charge in [0.15, 0.2) is 11.5 Å². The van der Waals surface area contributed by atoms with E-state index in [2.05, 4.69) is 0 Å². The van der Waals surface area contributed by atoms with Crippen LogP contribution in [0.3, 0.4) is 0 Å². The summed E-state index contributed by atoms with van der Waals surface area (Å²) in [6.07, 6.45) is -0.669. The molecule has 1 aliphatic rings. The number of ether oxygens (including phenoxy) is 2. The minimum Gasteiger partial charge on any atom is -0.480 e. The SMILES string of the molecule is CC1(C)Oc2ccc(C(O)CN)cc2OC1(C)C. The largest absolute Gasteiger partial charge is 0.480 e. The van der Waals surface area contributed by atoms with E-state index in [9.17, 15) is 5.11 Å². The van der Waals surface area contributed by atoms with E-state index in [1.165, 1.54) is 0 Å². The molecular formula is C14H21NO3. The molecule has 1 aromatic rings. The average molecular weight is 251 g/mol. The number of fused-ring (bicyclic) bond motifs is 1. The normalized spacial score (nSPS) is 21.4. The van der Waals surface area contributed by atoms with Gasteiger partial charge in [0.1, 0.15) is 11.2 Å². The lowest BCUT2D eigenvalue weighted by Crippen LogP contribution is -2.56. The fourth-order valence-electron chi connectivity index (χ4n) is 1.83. The third-order valence-corrected chi connectivity index (χ3v) is 3.76. The topological polar surface area (TPSA) is 64.7 Å². The monoisotopic (exact) mass is 251 g/mol. The van der Waals surface area contributed by atoms with Gasteiger partial charge in [-0.25, -0.2) is 0 Å². The van der Waals surface area contributed by atoms with Crippen molar-refractivity contribution in [3.63, 3.8) is 0 Å². The third-order valence-electron chi connectivity index (χ3n) is 3.76. The number of benzene rings is 1. The van der Waals surface area contributed by atoms with Gasteiger partial charge in [0.05, 0.1) is 6.10 Å². The van der Waals surface area contributed by atoms with Gasteiger partial charge in [-0.05, 0) is 45.4 Å². The van der Waals surface area contributed by atoms with Crippen molar-refractivity contribution in [2.45, 2.75) is 45.0 Å². The van der Waals surface area contributed by atoms with Crippen molar-refractivity contribution in [3.05, 3.63) is 23.8 Å². The molecule has 0 aromatic heterocycles. The van der Waals surface area contributed by atoms with E-state index in [1.807, 2.05) is 39.8 Å². The van der Waals surface area contributed by atoms with Crippen LogP contribution in [-0.2, 0) is 0 Å². The van der Waals surface area contributed by atoms with Gasteiger partial charge in [-0.2, -0.15) is 0 Å². The second kappa shape index (κ2) is 4.14. The highest BCUT2D eigenvalue weighted by Crippen LogP contribution is 2.43. The summed E-state index contributed by atoms with van der Waals surface area (Å²) in [5.41, 5.74) is 5.35. The Labute approximate surface area is 108 Å². The van der Waals surface area contributed by atoms with Crippen molar-refractivity contribution in [1.29, 1.82) is 0 Å². The highest BCUT2D eigenvalue weighted by molar-refractivity contribution is 5.46. The molecule has 4 heteroatoms. The maximum Gasteiger partial charge on any atom is 0.162 e. The molecule has 3 N–H and O–H groups in total. The van der Waals surface area contributed by atoms with Gasteiger partial charge in [-0.1, -0.05) is 6.07 Å². The molecule has 0 saturated carbocycles. The standard InChI is InChI=1S/C14H21NO3/c1-13(2)14(3,4)18-12-7-9(10(16)8-15)5-6-11(12)17-13/h5-7,10,16H,8,15H2,1-4H3. The first-order valence-electron chi connectivity index (χ1n) is 6.17. The molecular weight excluding hydrogens is 230 g/mol. The molecule has 4 nitrogen and oxygen atoms in total. The van der Waals surface area contributed by atoms with Crippen molar-refractivity contribution in [2.24, 2.45) is 5.73 Å². The smallest absolute Gasteiger partial charge is 0.162 e. The number of aliphatic hydroxyl groups excluding tert-OH is 1. The van der Waals surface area contributed by atoms with Crippen LogP contribution in [0.1, 0.15) is 39.4 Å². The summed E-state index contributed by atoms with van der Waals surface area (Å²) in [7, 11) is 0. The summed E-state index contributed by atoms with van der Waals surface area (Å²) in [5.74, 6) is 1.36. The Morgan fingerprint density at radius 2 is 1.67 bits per heavy atom. The molecule has 0 amide bonds. The summed E-state index contributed by atoms with van der Waals surface area (Å²) < 4.78 is 12.0. The molecule has 0 spiro atoms.